The van der Waals surface area contributed by atoms with Gasteiger partial charge in [0, 0.05) is 0 Å². The molecule has 2 unspecified atom stereocenters. The zero-order valence-electron chi connectivity index (χ0n) is 8.27. The number of aliphatic hydroxyl groups excluding tert-OH is 1. The van der Waals surface area contributed by atoms with E-state index in [-0.39, 0.29) is 5.82 Å². The summed E-state index contributed by atoms with van der Waals surface area (Å²) in [6, 6.07) is 4.14. The van der Waals surface area contributed by atoms with Gasteiger partial charge in [-0.25, -0.2) is 9.18 Å². The van der Waals surface area contributed by atoms with E-state index in [1.807, 2.05) is 0 Å². The van der Waals surface area contributed by atoms with Gasteiger partial charge in [0.15, 0.2) is 0 Å². The summed E-state index contributed by atoms with van der Waals surface area (Å²) in [5.41, 5.74) is 5.57. The van der Waals surface area contributed by atoms with Crippen LogP contribution < -0.4 is 11.1 Å². The van der Waals surface area contributed by atoms with Gasteiger partial charge in [-0.3, -0.25) is 0 Å². The van der Waals surface area contributed by atoms with Crippen LogP contribution >= 0.6 is 0 Å². The Morgan fingerprint density at radius 3 is 2.40 bits per heavy atom. The number of hydrogen-bond donors (Lipinski definition) is 3. The van der Waals surface area contributed by atoms with Crippen LogP contribution in [0, 0.1) is 5.82 Å². The molecule has 4 nitrogen and oxygen atoms in total. The van der Waals surface area contributed by atoms with Crippen molar-refractivity contribution in [3.05, 3.63) is 35.6 Å². The zero-order valence-corrected chi connectivity index (χ0v) is 8.27. The van der Waals surface area contributed by atoms with E-state index in [1.54, 1.807) is 0 Å². The van der Waals surface area contributed by atoms with E-state index in [0.29, 0.717) is 5.56 Å². The second kappa shape index (κ2) is 4.75. The van der Waals surface area contributed by atoms with Crippen LogP contribution in [-0.4, -0.2) is 17.2 Å². The number of hydrogen-bond acceptors (Lipinski definition) is 2. The number of nitrogens with two attached hydrogens (primary N) is 1. The minimum absolute atomic E-state index is 0.373. The highest BCUT2D eigenvalue weighted by molar-refractivity contribution is 5.72. The van der Waals surface area contributed by atoms with E-state index >= 15 is 0 Å². The summed E-state index contributed by atoms with van der Waals surface area (Å²) >= 11 is 0. The second-order valence-electron chi connectivity index (χ2n) is 3.28. The van der Waals surface area contributed by atoms with E-state index < -0.39 is 18.2 Å². The first-order valence-electron chi connectivity index (χ1n) is 4.50. The van der Waals surface area contributed by atoms with Gasteiger partial charge < -0.3 is 16.2 Å². The van der Waals surface area contributed by atoms with Gasteiger partial charge >= 0.3 is 6.03 Å². The van der Waals surface area contributed by atoms with Crippen LogP contribution in [0.4, 0.5) is 9.18 Å². The first-order chi connectivity index (χ1) is 7.00. The average Bonchev–Trinajstić information content (AvgIpc) is 2.15. The van der Waals surface area contributed by atoms with E-state index in [9.17, 15) is 14.3 Å². The van der Waals surface area contributed by atoms with Crippen LogP contribution in [0.2, 0.25) is 0 Å². The van der Waals surface area contributed by atoms with Crippen LogP contribution in [0.1, 0.15) is 18.5 Å². The summed E-state index contributed by atoms with van der Waals surface area (Å²) < 4.78 is 12.6. The third kappa shape index (κ3) is 3.21. The Morgan fingerprint density at radius 1 is 1.47 bits per heavy atom. The molecule has 0 radical (unpaired) electrons. The highest BCUT2D eigenvalue weighted by atomic mass is 19.1. The van der Waals surface area contributed by atoms with Crippen LogP contribution in [0.25, 0.3) is 0 Å². The number of aliphatic hydroxyl groups is 1. The number of benzene rings is 1. The number of carbonyl (C=O) groups is 1. The number of amides is 2. The number of urea groups is 1. The normalized spacial score (nSPS) is 14.3. The average molecular weight is 212 g/mol. The van der Waals surface area contributed by atoms with E-state index in [2.05, 4.69) is 5.32 Å². The lowest BCUT2D eigenvalue weighted by atomic mass is 10.0. The molecule has 1 rings (SSSR count). The lowest BCUT2D eigenvalue weighted by molar-refractivity contribution is 0.147. The van der Waals surface area contributed by atoms with Gasteiger partial charge in [0.25, 0.3) is 0 Å². The fraction of sp³-hybridized carbons (Fsp3) is 0.300. The maximum Gasteiger partial charge on any atom is 0.312 e. The monoisotopic (exact) mass is 212 g/mol. The molecule has 0 aliphatic heterocycles. The van der Waals surface area contributed by atoms with E-state index in [0.717, 1.165) is 0 Å². The number of carbonyl (C=O) groups excluding carboxylic acids is 1. The predicted molar refractivity (Wildman–Crippen MR) is 53.5 cm³/mol. The van der Waals surface area contributed by atoms with Crippen molar-refractivity contribution in [3.63, 3.8) is 0 Å². The molecule has 0 aromatic heterocycles. The lowest BCUT2D eigenvalue weighted by Gasteiger charge is -2.20. The van der Waals surface area contributed by atoms with Crippen molar-refractivity contribution in [1.82, 2.24) is 5.32 Å². The van der Waals surface area contributed by atoms with Crippen molar-refractivity contribution in [2.24, 2.45) is 5.73 Å². The number of nitrogens with one attached hydrogen (secondary N) is 1. The molecule has 0 saturated carbocycles. The van der Waals surface area contributed by atoms with Gasteiger partial charge in [0.2, 0.25) is 0 Å². The summed E-state index contributed by atoms with van der Waals surface area (Å²) in [5.74, 6) is -0.373. The largest absolute Gasteiger partial charge is 0.391 e. The molecular weight excluding hydrogens is 199 g/mol. The molecule has 1 aromatic carbocycles. The second-order valence-corrected chi connectivity index (χ2v) is 3.28. The van der Waals surface area contributed by atoms with Crippen molar-refractivity contribution in [2.45, 2.75) is 19.1 Å². The third-order valence-corrected chi connectivity index (χ3v) is 2.01. The zero-order chi connectivity index (χ0) is 11.4. The lowest BCUT2D eigenvalue weighted by Crippen LogP contribution is -2.38. The minimum atomic E-state index is -0.803. The van der Waals surface area contributed by atoms with Crippen molar-refractivity contribution < 1.29 is 14.3 Å². The van der Waals surface area contributed by atoms with Gasteiger partial charge in [-0.15, -0.1) is 0 Å². The smallest absolute Gasteiger partial charge is 0.312 e. The molecular formula is C10H13FN2O2. The van der Waals surface area contributed by atoms with Crippen LogP contribution in [0.3, 0.4) is 0 Å². The third-order valence-electron chi connectivity index (χ3n) is 2.01. The summed E-state index contributed by atoms with van der Waals surface area (Å²) in [6.45, 7) is 1.52. The summed E-state index contributed by atoms with van der Waals surface area (Å²) in [6.07, 6.45) is -0.803. The molecule has 0 saturated heterocycles. The molecule has 4 N–H and O–H groups in total. The number of rotatable bonds is 3. The molecule has 0 aliphatic carbocycles. The molecule has 82 valence electrons. The van der Waals surface area contributed by atoms with Gasteiger partial charge in [-0.2, -0.15) is 0 Å². The highest BCUT2D eigenvalue weighted by Crippen LogP contribution is 2.17. The maximum atomic E-state index is 12.6. The van der Waals surface area contributed by atoms with E-state index in [1.165, 1.54) is 31.2 Å². The molecule has 2 atom stereocenters. The van der Waals surface area contributed by atoms with Gasteiger partial charge in [-0.1, -0.05) is 12.1 Å². The Balaban J connectivity index is 2.88. The molecule has 0 bridgehead atoms. The Labute approximate surface area is 86.9 Å². The Morgan fingerprint density at radius 2 is 2.00 bits per heavy atom. The summed E-state index contributed by atoms with van der Waals surface area (Å²) in [7, 11) is 0. The predicted octanol–water partition coefficient (Wildman–Crippen LogP) is 0.916. The van der Waals surface area contributed by atoms with Crippen LogP contribution in [0.5, 0.6) is 0 Å². The highest BCUT2D eigenvalue weighted by Gasteiger charge is 2.18. The van der Waals surface area contributed by atoms with Gasteiger partial charge in [-0.05, 0) is 24.6 Å². The number of halogens is 1. The Kier molecular flexibility index (Phi) is 3.62. The van der Waals surface area contributed by atoms with Crippen molar-refractivity contribution in [1.29, 1.82) is 0 Å². The van der Waals surface area contributed by atoms with Gasteiger partial charge in [0.1, 0.15) is 5.82 Å². The Hall–Kier alpha value is -1.62. The topological polar surface area (TPSA) is 75.3 Å². The van der Waals surface area contributed by atoms with Crippen LogP contribution in [-0.2, 0) is 0 Å². The summed E-state index contributed by atoms with van der Waals surface area (Å²) in [4.78, 5) is 10.7. The molecule has 5 heteroatoms. The maximum absolute atomic E-state index is 12.6. The molecule has 2 amide bonds. The summed E-state index contributed by atoms with van der Waals surface area (Å²) in [5, 5.41) is 11.8. The fourth-order valence-electron chi connectivity index (χ4n) is 1.31. The molecule has 1 aromatic rings. The first kappa shape index (κ1) is 11.5. The minimum Gasteiger partial charge on any atom is -0.391 e. The van der Waals surface area contributed by atoms with Crippen molar-refractivity contribution in [2.75, 3.05) is 0 Å². The standard InChI is InChI=1S/C10H13FN2O2/c1-6(14)9(13-10(12)15)7-2-4-8(11)5-3-7/h2-6,9,14H,1H3,(H3,12,13,15). The molecule has 15 heavy (non-hydrogen) atoms. The number of primary amides is 1. The van der Waals surface area contributed by atoms with Crippen molar-refractivity contribution in [3.8, 4) is 0 Å². The first-order valence-corrected chi connectivity index (χ1v) is 4.50. The van der Waals surface area contributed by atoms with Gasteiger partial charge in [0.05, 0.1) is 12.1 Å². The fourth-order valence-corrected chi connectivity index (χ4v) is 1.31. The van der Waals surface area contributed by atoms with Crippen LogP contribution in [0.15, 0.2) is 24.3 Å². The SMILES string of the molecule is CC(O)C(NC(N)=O)c1ccc(F)cc1. The quantitative estimate of drug-likeness (QED) is 0.696. The molecule has 0 heterocycles. The molecule has 0 aliphatic rings. The van der Waals surface area contributed by atoms with E-state index in [4.69, 9.17) is 5.73 Å². The molecule has 0 fully saturated rings. The molecule has 0 spiro atoms. The van der Waals surface area contributed by atoms with Crippen molar-refractivity contribution >= 4 is 6.03 Å². The Bertz CT molecular complexity index is 338.